The predicted molar refractivity (Wildman–Crippen MR) is 100 cm³/mol. The molecule has 0 aliphatic rings. The van der Waals surface area contributed by atoms with Gasteiger partial charge in [0.1, 0.15) is 4.88 Å². The molecule has 0 unspecified atom stereocenters. The molecule has 0 amide bonds. The summed E-state index contributed by atoms with van der Waals surface area (Å²) in [5, 5.41) is 9.58. The van der Waals surface area contributed by atoms with Crippen LogP contribution in [0.2, 0.25) is 0 Å². The van der Waals surface area contributed by atoms with E-state index in [1.54, 1.807) is 0 Å². The summed E-state index contributed by atoms with van der Waals surface area (Å²) in [5.74, 6) is -0.928. The lowest BCUT2D eigenvalue weighted by Crippen LogP contribution is -1.97. The molecule has 0 saturated carbocycles. The Morgan fingerprint density at radius 2 is 1.88 bits per heavy atom. The highest BCUT2D eigenvalue weighted by atomic mass is 32.1. The molecule has 0 radical (unpaired) electrons. The molecule has 124 valence electrons. The molecule has 0 aliphatic heterocycles. The van der Waals surface area contributed by atoms with Gasteiger partial charge in [0.05, 0.1) is 11.4 Å². The van der Waals surface area contributed by atoms with E-state index < -0.39 is 5.97 Å². The zero-order valence-electron chi connectivity index (χ0n) is 13.9. The Hall–Kier alpha value is -2.92. The molecule has 25 heavy (non-hydrogen) atoms. The highest BCUT2D eigenvalue weighted by molar-refractivity contribution is 7.19. The van der Waals surface area contributed by atoms with Gasteiger partial charge in [-0.15, -0.1) is 0 Å². The zero-order chi connectivity index (χ0) is 17.6. The van der Waals surface area contributed by atoms with Crippen molar-refractivity contribution in [1.82, 2.24) is 9.38 Å². The third-order valence-corrected chi connectivity index (χ3v) is 5.26. The minimum atomic E-state index is -0.928. The Morgan fingerprint density at radius 1 is 1.12 bits per heavy atom. The summed E-state index contributed by atoms with van der Waals surface area (Å²) in [6, 6.07) is 15.8. The van der Waals surface area contributed by atoms with Crippen LogP contribution in [-0.4, -0.2) is 20.5 Å². The first-order chi connectivity index (χ1) is 12.0. The SMILES string of the molecule is Cc1ccc(-c2cn3c(-c4ccccc4)c(C(=O)O)sc3n2)c(C)c1. The maximum absolute atomic E-state index is 11.7. The molecule has 0 spiro atoms. The van der Waals surface area contributed by atoms with Crippen molar-refractivity contribution in [3.05, 3.63) is 70.7 Å². The van der Waals surface area contributed by atoms with Crippen molar-refractivity contribution in [3.8, 4) is 22.5 Å². The molecule has 0 fully saturated rings. The summed E-state index contributed by atoms with van der Waals surface area (Å²) in [6.45, 7) is 4.13. The van der Waals surface area contributed by atoms with E-state index in [1.807, 2.05) is 40.9 Å². The molecule has 4 rings (SSSR count). The molecule has 5 heteroatoms. The topological polar surface area (TPSA) is 54.6 Å². The molecular formula is C20H16N2O2S. The Balaban J connectivity index is 1.95. The molecule has 4 nitrogen and oxygen atoms in total. The Kier molecular flexibility index (Phi) is 3.66. The number of carbonyl (C=O) groups is 1. The molecule has 0 saturated heterocycles. The summed E-state index contributed by atoms with van der Waals surface area (Å²) in [6.07, 6.45) is 1.93. The van der Waals surface area contributed by atoms with Crippen LogP contribution in [-0.2, 0) is 0 Å². The highest BCUT2D eigenvalue weighted by Gasteiger charge is 2.21. The third-order valence-electron chi connectivity index (χ3n) is 4.22. The van der Waals surface area contributed by atoms with Gasteiger partial charge in [-0.2, -0.15) is 0 Å². The normalized spacial score (nSPS) is 11.1. The lowest BCUT2D eigenvalue weighted by atomic mass is 10.0. The van der Waals surface area contributed by atoms with Crippen LogP contribution in [0.5, 0.6) is 0 Å². The quantitative estimate of drug-likeness (QED) is 0.564. The number of fused-ring (bicyclic) bond motifs is 1. The van der Waals surface area contributed by atoms with E-state index >= 15 is 0 Å². The first-order valence-electron chi connectivity index (χ1n) is 7.93. The van der Waals surface area contributed by atoms with E-state index in [9.17, 15) is 9.90 Å². The maximum Gasteiger partial charge on any atom is 0.348 e. The van der Waals surface area contributed by atoms with Gasteiger partial charge in [-0.1, -0.05) is 65.4 Å². The number of thiazole rings is 1. The first kappa shape index (κ1) is 15.6. The van der Waals surface area contributed by atoms with Gasteiger partial charge in [0, 0.05) is 17.3 Å². The molecule has 0 aliphatic carbocycles. The number of aromatic carboxylic acids is 1. The van der Waals surface area contributed by atoms with Crippen LogP contribution in [0.25, 0.3) is 27.5 Å². The minimum Gasteiger partial charge on any atom is -0.477 e. The van der Waals surface area contributed by atoms with Gasteiger partial charge in [-0.3, -0.25) is 4.40 Å². The number of carboxylic acids is 1. The summed E-state index contributed by atoms with van der Waals surface area (Å²) >= 11 is 1.20. The van der Waals surface area contributed by atoms with Crippen LogP contribution in [0, 0.1) is 13.8 Å². The maximum atomic E-state index is 11.7. The van der Waals surface area contributed by atoms with E-state index in [2.05, 4.69) is 37.0 Å². The lowest BCUT2D eigenvalue weighted by molar-refractivity contribution is 0.0702. The van der Waals surface area contributed by atoms with Crippen molar-refractivity contribution in [2.24, 2.45) is 0 Å². The van der Waals surface area contributed by atoms with E-state index in [0.717, 1.165) is 22.4 Å². The average Bonchev–Trinajstić information content (AvgIpc) is 3.13. The van der Waals surface area contributed by atoms with Crippen LogP contribution in [0.4, 0.5) is 0 Å². The molecule has 2 heterocycles. The standard InChI is InChI=1S/C20H16N2O2S/c1-12-8-9-15(13(2)10-12)16-11-22-17(14-6-4-3-5-7-14)18(19(23)24)25-20(22)21-16/h3-11H,1-2H3,(H,23,24). The van der Waals surface area contributed by atoms with E-state index in [1.165, 1.54) is 16.9 Å². The first-order valence-corrected chi connectivity index (χ1v) is 8.74. The number of imidazole rings is 1. The predicted octanol–water partition coefficient (Wildman–Crippen LogP) is 5.04. The smallest absolute Gasteiger partial charge is 0.348 e. The third kappa shape index (κ3) is 2.62. The molecular weight excluding hydrogens is 332 g/mol. The Bertz CT molecular complexity index is 1090. The van der Waals surface area contributed by atoms with Crippen molar-refractivity contribution >= 4 is 22.3 Å². The van der Waals surface area contributed by atoms with Gasteiger partial charge in [0.15, 0.2) is 4.96 Å². The zero-order valence-corrected chi connectivity index (χ0v) is 14.7. The summed E-state index contributed by atoms with van der Waals surface area (Å²) in [5.41, 5.74) is 5.84. The number of hydrogen-bond donors (Lipinski definition) is 1. The fraction of sp³-hybridized carbons (Fsp3) is 0.100. The molecule has 4 aromatic rings. The van der Waals surface area contributed by atoms with Gasteiger partial charge in [0.25, 0.3) is 0 Å². The van der Waals surface area contributed by atoms with Gasteiger partial charge >= 0.3 is 5.97 Å². The van der Waals surface area contributed by atoms with Crippen molar-refractivity contribution in [2.75, 3.05) is 0 Å². The van der Waals surface area contributed by atoms with Crippen LogP contribution in [0.1, 0.15) is 20.8 Å². The fourth-order valence-corrected chi connectivity index (χ4v) is 4.06. The van der Waals surface area contributed by atoms with Gasteiger partial charge in [-0.05, 0) is 19.4 Å². The number of rotatable bonds is 3. The molecule has 0 bridgehead atoms. The average molecular weight is 348 g/mol. The Morgan fingerprint density at radius 3 is 2.56 bits per heavy atom. The van der Waals surface area contributed by atoms with Crippen LogP contribution >= 0.6 is 11.3 Å². The monoisotopic (exact) mass is 348 g/mol. The van der Waals surface area contributed by atoms with Gasteiger partial charge < -0.3 is 5.11 Å². The number of nitrogens with zero attached hydrogens (tertiary/aromatic N) is 2. The number of carboxylic acid groups (broad SMARTS) is 1. The minimum absolute atomic E-state index is 0.306. The van der Waals surface area contributed by atoms with Crippen molar-refractivity contribution in [3.63, 3.8) is 0 Å². The largest absolute Gasteiger partial charge is 0.477 e. The number of aromatic nitrogens is 2. The second kappa shape index (κ2) is 5.86. The Labute approximate surface area is 149 Å². The second-order valence-corrected chi connectivity index (χ2v) is 7.03. The number of aryl methyl sites for hydroxylation is 2. The molecule has 0 atom stereocenters. The van der Waals surface area contributed by atoms with Crippen molar-refractivity contribution in [1.29, 1.82) is 0 Å². The second-order valence-electron chi connectivity index (χ2n) is 6.05. The summed E-state index contributed by atoms with van der Waals surface area (Å²) in [4.78, 5) is 17.4. The number of hydrogen-bond acceptors (Lipinski definition) is 3. The van der Waals surface area contributed by atoms with Crippen LogP contribution in [0.3, 0.4) is 0 Å². The highest BCUT2D eigenvalue weighted by Crippen LogP contribution is 2.34. The van der Waals surface area contributed by atoms with E-state index in [-0.39, 0.29) is 0 Å². The van der Waals surface area contributed by atoms with Crippen molar-refractivity contribution < 1.29 is 9.90 Å². The van der Waals surface area contributed by atoms with E-state index in [4.69, 9.17) is 0 Å². The van der Waals surface area contributed by atoms with Crippen LogP contribution < -0.4 is 0 Å². The fourth-order valence-electron chi connectivity index (χ4n) is 3.09. The van der Waals surface area contributed by atoms with Crippen LogP contribution in [0.15, 0.2) is 54.7 Å². The molecule has 2 aromatic heterocycles. The van der Waals surface area contributed by atoms with Gasteiger partial charge in [0.2, 0.25) is 0 Å². The van der Waals surface area contributed by atoms with E-state index in [0.29, 0.717) is 15.5 Å². The lowest BCUT2D eigenvalue weighted by Gasteiger charge is -2.04. The molecule has 2 aromatic carbocycles. The number of benzene rings is 2. The van der Waals surface area contributed by atoms with Gasteiger partial charge in [-0.25, -0.2) is 9.78 Å². The van der Waals surface area contributed by atoms with Crippen molar-refractivity contribution in [2.45, 2.75) is 13.8 Å². The molecule has 1 N–H and O–H groups in total. The summed E-state index contributed by atoms with van der Waals surface area (Å²) in [7, 11) is 0. The summed E-state index contributed by atoms with van der Waals surface area (Å²) < 4.78 is 1.89.